The molecule has 1 atom stereocenters. The average Bonchev–Trinajstić information content (AvgIpc) is 2.16. The molecule has 0 amide bonds. The topological polar surface area (TPSA) is 26.0 Å². The largest absolute Gasteiger partial charge is 0.416 e. The lowest BCUT2D eigenvalue weighted by atomic mass is 9.87. The van der Waals surface area contributed by atoms with Gasteiger partial charge >= 0.3 is 6.18 Å². The number of fused-ring (bicyclic) bond motifs is 1. The molecule has 0 bridgehead atoms. The van der Waals surface area contributed by atoms with Crippen molar-refractivity contribution < 1.29 is 13.2 Å². The molecule has 1 aromatic carbocycles. The standard InChI is InChI=1S/C11H12F3N/c12-11(13,14)8-5-4-7-2-1-3-10(15)9(7)6-8/h4-6,10H,1-3,15H2. The predicted molar refractivity (Wildman–Crippen MR) is 51.3 cm³/mol. The highest BCUT2D eigenvalue weighted by atomic mass is 19.4. The van der Waals surface area contributed by atoms with Crippen molar-refractivity contribution in [2.45, 2.75) is 31.5 Å². The molecule has 15 heavy (non-hydrogen) atoms. The maximum Gasteiger partial charge on any atom is 0.416 e. The average molecular weight is 215 g/mol. The van der Waals surface area contributed by atoms with Gasteiger partial charge in [0, 0.05) is 6.04 Å². The molecule has 0 radical (unpaired) electrons. The first kappa shape index (κ1) is 10.5. The van der Waals surface area contributed by atoms with Crippen LogP contribution >= 0.6 is 0 Å². The third-order valence-electron chi connectivity index (χ3n) is 2.83. The van der Waals surface area contributed by atoms with Gasteiger partial charge < -0.3 is 5.73 Å². The summed E-state index contributed by atoms with van der Waals surface area (Å²) in [6.45, 7) is 0. The van der Waals surface area contributed by atoms with Crippen LogP contribution in [0, 0.1) is 0 Å². The first-order chi connectivity index (χ1) is 6.98. The fourth-order valence-electron chi connectivity index (χ4n) is 2.01. The lowest BCUT2D eigenvalue weighted by molar-refractivity contribution is -0.137. The van der Waals surface area contributed by atoms with E-state index in [0.717, 1.165) is 30.9 Å². The Hall–Kier alpha value is -1.03. The van der Waals surface area contributed by atoms with Gasteiger partial charge in [-0.05, 0) is 42.5 Å². The molecular weight excluding hydrogens is 203 g/mol. The monoisotopic (exact) mass is 215 g/mol. The molecule has 1 aliphatic rings. The highest BCUT2D eigenvalue weighted by molar-refractivity contribution is 5.37. The fraction of sp³-hybridized carbons (Fsp3) is 0.455. The van der Waals surface area contributed by atoms with Crippen LogP contribution in [-0.4, -0.2) is 0 Å². The van der Waals surface area contributed by atoms with E-state index >= 15 is 0 Å². The van der Waals surface area contributed by atoms with Crippen LogP contribution in [0.1, 0.15) is 35.6 Å². The molecule has 2 N–H and O–H groups in total. The number of nitrogens with two attached hydrogens (primary N) is 1. The molecule has 0 saturated heterocycles. The van der Waals surface area contributed by atoms with Gasteiger partial charge in [0.25, 0.3) is 0 Å². The molecule has 4 heteroatoms. The zero-order valence-corrected chi connectivity index (χ0v) is 8.14. The molecule has 82 valence electrons. The number of halogens is 3. The first-order valence-corrected chi connectivity index (χ1v) is 4.94. The van der Waals surface area contributed by atoms with E-state index in [9.17, 15) is 13.2 Å². The summed E-state index contributed by atoms with van der Waals surface area (Å²) in [5, 5.41) is 0. The highest BCUT2D eigenvalue weighted by Crippen LogP contribution is 2.34. The van der Waals surface area contributed by atoms with Crippen molar-refractivity contribution in [3.8, 4) is 0 Å². The lowest BCUT2D eigenvalue weighted by Gasteiger charge is -2.23. The van der Waals surface area contributed by atoms with E-state index < -0.39 is 11.7 Å². The van der Waals surface area contributed by atoms with Crippen LogP contribution in [-0.2, 0) is 12.6 Å². The van der Waals surface area contributed by atoms with Crippen LogP contribution in [0.3, 0.4) is 0 Å². The second-order valence-electron chi connectivity index (χ2n) is 3.91. The van der Waals surface area contributed by atoms with Crippen molar-refractivity contribution in [1.29, 1.82) is 0 Å². The number of hydrogen-bond donors (Lipinski definition) is 1. The number of hydrogen-bond acceptors (Lipinski definition) is 1. The maximum atomic E-state index is 12.4. The van der Waals surface area contributed by atoms with Gasteiger partial charge in [0.15, 0.2) is 0 Å². The summed E-state index contributed by atoms with van der Waals surface area (Å²) >= 11 is 0. The van der Waals surface area contributed by atoms with E-state index in [1.54, 1.807) is 6.07 Å². The quantitative estimate of drug-likeness (QED) is 0.707. The fourth-order valence-corrected chi connectivity index (χ4v) is 2.01. The third-order valence-corrected chi connectivity index (χ3v) is 2.83. The van der Waals surface area contributed by atoms with Crippen LogP contribution < -0.4 is 5.73 Å². The zero-order chi connectivity index (χ0) is 11.1. The molecule has 2 rings (SSSR count). The van der Waals surface area contributed by atoms with Gasteiger partial charge in [0.2, 0.25) is 0 Å². The number of rotatable bonds is 0. The van der Waals surface area contributed by atoms with Gasteiger partial charge in [-0.1, -0.05) is 6.07 Å². The second kappa shape index (κ2) is 3.52. The van der Waals surface area contributed by atoms with E-state index in [2.05, 4.69) is 0 Å². The van der Waals surface area contributed by atoms with Crippen LogP contribution in [0.5, 0.6) is 0 Å². The van der Waals surface area contributed by atoms with Crippen LogP contribution in [0.15, 0.2) is 18.2 Å². The molecule has 0 aliphatic heterocycles. The van der Waals surface area contributed by atoms with E-state index in [0.29, 0.717) is 5.56 Å². The summed E-state index contributed by atoms with van der Waals surface area (Å²) in [4.78, 5) is 0. The molecule has 0 heterocycles. The molecule has 0 fully saturated rings. The summed E-state index contributed by atoms with van der Waals surface area (Å²) in [6.07, 6.45) is -1.71. The Balaban J connectivity index is 2.44. The molecule has 1 unspecified atom stereocenters. The minimum absolute atomic E-state index is 0.240. The van der Waals surface area contributed by atoms with Gasteiger partial charge in [-0.25, -0.2) is 0 Å². The van der Waals surface area contributed by atoms with Gasteiger partial charge in [0.05, 0.1) is 5.56 Å². The van der Waals surface area contributed by atoms with Crippen molar-refractivity contribution in [1.82, 2.24) is 0 Å². The van der Waals surface area contributed by atoms with E-state index in [4.69, 9.17) is 5.73 Å². The van der Waals surface area contributed by atoms with Crippen molar-refractivity contribution in [3.05, 3.63) is 34.9 Å². The maximum absolute atomic E-state index is 12.4. The molecule has 0 saturated carbocycles. The Morgan fingerprint density at radius 2 is 2.00 bits per heavy atom. The molecular formula is C11H12F3N. The van der Waals surface area contributed by atoms with Gasteiger partial charge in [-0.2, -0.15) is 13.2 Å². The van der Waals surface area contributed by atoms with E-state index in [1.807, 2.05) is 0 Å². The van der Waals surface area contributed by atoms with Crippen molar-refractivity contribution in [2.75, 3.05) is 0 Å². The summed E-state index contributed by atoms with van der Waals surface area (Å²) < 4.78 is 37.3. The summed E-state index contributed by atoms with van der Waals surface area (Å²) in [7, 11) is 0. The summed E-state index contributed by atoms with van der Waals surface area (Å²) in [5.74, 6) is 0. The normalized spacial score (nSPS) is 21.2. The smallest absolute Gasteiger partial charge is 0.324 e. The second-order valence-corrected chi connectivity index (χ2v) is 3.91. The predicted octanol–water partition coefficient (Wildman–Crippen LogP) is 3.04. The number of alkyl halides is 3. The van der Waals surface area contributed by atoms with Crippen LogP contribution in [0.25, 0.3) is 0 Å². The summed E-state index contributed by atoms with van der Waals surface area (Å²) in [5.41, 5.74) is 6.82. The minimum Gasteiger partial charge on any atom is -0.324 e. The Morgan fingerprint density at radius 3 is 2.67 bits per heavy atom. The molecule has 0 aromatic heterocycles. The molecule has 1 aromatic rings. The van der Waals surface area contributed by atoms with Crippen molar-refractivity contribution in [3.63, 3.8) is 0 Å². The molecule has 0 spiro atoms. The summed E-state index contributed by atoms with van der Waals surface area (Å²) in [6, 6.07) is 3.64. The Bertz CT molecular complexity index is 371. The van der Waals surface area contributed by atoms with E-state index in [-0.39, 0.29) is 6.04 Å². The Morgan fingerprint density at radius 1 is 1.27 bits per heavy atom. The number of aryl methyl sites for hydroxylation is 1. The first-order valence-electron chi connectivity index (χ1n) is 4.94. The van der Waals surface area contributed by atoms with Gasteiger partial charge in [-0.15, -0.1) is 0 Å². The Kier molecular flexibility index (Phi) is 2.46. The van der Waals surface area contributed by atoms with Crippen LogP contribution in [0.2, 0.25) is 0 Å². The lowest BCUT2D eigenvalue weighted by Crippen LogP contribution is -2.18. The third kappa shape index (κ3) is 2.00. The van der Waals surface area contributed by atoms with Crippen molar-refractivity contribution >= 4 is 0 Å². The van der Waals surface area contributed by atoms with E-state index in [1.165, 1.54) is 6.07 Å². The molecule has 1 aliphatic carbocycles. The van der Waals surface area contributed by atoms with Gasteiger partial charge in [0.1, 0.15) is 0 Å². The SMILES string of the molecule is NC1CCCc2ccc(C(F)(F)F)cc21. The Labute approximate surface area is 86.1 Å². The highest BCUT2D eigenvalue weighted by Gasteiger charge is 2.31. The zero-order valence-electron chi connectivity index (χ0n) is 8.14. The minimum atomic E-state index is -4.27. The van der Waals surface area contributed by atoms with Crippen LogP contribution in [0.4, 0.5) is 13.2 Å². The van der Waals surface area contributed by atoms with Gasteiger partial charge in [-0.3, -0.25) is 0 Å². The van der Waals surface area contributed by atoms with Crippen molar-refractivity contribution in [2.24, 2.45) is 5.73 Å². The molecule has 1 nitrogen and oxygen atoms in total. The number of benzene rings is 1.